The highest BCUT2D eigenvalue weighted by atomic mass is 16.3. The van der Waals surface area contributed by atoms with Crippen molar-refractivity contribution in [2.75, 3.05) is 20.1 Å². The SMILES string of the molecule is Cc1nc2ncnn2c(C)c1CCC(=O)N(Cc1ccco1)C1CCN(C)CC1. The maximum atomic E-state index is 13.3. The van der Waals surface area contributed by atoms with E-state index in [0.717, 1.165) is 48.6 Å². The molecule has 8 nitrogen and oxygen atoms in total. The highest BCUT2D eigenvalue weighted by Gasteiger charge is 2.28. The molecule has 4 heterocycles. The van der Waals surface area contributed by atoms with Crippen molar-refractivity contribution in [2.45, 2.75) is 52.1 Å². The van der Waals surface area contributed by atoms with Crippen LogP contribution in [0.3, 0.4) is 0 Å². The van der Waals surface area contributed by atoms with Gasteiger partial charge in [-0.05, 0) is 70.9 Å². The third-order valence-electron chi connectivity index (χ3n) is 5.93. The van der Waals surface area contributed by atoms with Crippen molar-refractivity contribution in [3.63, 3.8) is 0 Å². The fraction of sp³-hybridized carbons (Fsp3) is 0.524. The van der Waals surface area contributed by atoms with Gasteiger partial charge in [0.25, 0.3) is 5.78 Å². The minimum atomic E-state index is 0.161. The van der Waals surface area contributed by atoms with Crippen LogP contribution in [0.15, 0.2) is 29.1 Å². The molecule has 29 heavy (non-hydrogen) atoms. The van der Waals surface area contributed by atoms with Gasteiger partial charge < -0.3 is 14.2 Å². The summed E-state index contributed by atoms with van der Waals surface area (Å²) < 4.78 is 7.27. The molecule has 3 aromatic heterocycles. The van der Waals surface area contributed by atoms with Gasteiger partial charge in [0.2, 0.25) is 5.91 Å². The third-order valence-corrected chi connectivity index (χ3v) is 5.93. The summed E-state index contributed by atoms with van der Waals surface area (Å²) in [5, 5.41) is 4.24. The molecule has 1 aliphatic rings. The van der Waals surface area contributed by atoms with Crippen molar-refractivity contribution in [1.82, 2.24) is 29.4 Å². The van der Waals surface area contributed by atoms with E-state index < -0.39 is 0 Å². The van der Waals surface area contributed by atoms with E-state index in [1.54, 1.807) is 10.8 Å². The van der Waals surface area contributed by atoms with Crippen LogP contribution in [-0.4, -0.2) is 61.5 Å². The molecule has 3 aromatic rings. The summed E-state index contributed by atoms with van der Waals surface area (Å²) in [7, 11) is 2.13. The number of furan rings is 1. The monoisotopic (exact) mass is 396 g/mol. The Bertz CT molecular complexity index is 973. The molecule has 0 N–H and O–H groups in total. The molecule has 0 aliphatic carbocycles. The van der Waals surface area contributed by atoms with Crippen molar-refractivity contribution in [1.29, 1.82) is 0 Å². The number of likely N-dealkylation sites (tertiary alicyclic amines) is 1. The first-order valence-corrected chi connectivity index (χ1v) is 10.2. The molecule has 0 aromatic carbocycles. The lowest BCUT2D eigenvalue weighted by Gasteiger charge is -2.37. The zero-order chi connectivity index (χ0) is 20.4. The zero-order valence-corrected chi connectivity index (χ0v) is 17.3. The fourth-order valence-corrected chi connectivity index (χ4v) is 4.19. The second-order valence-electron chi connectivity index (χ2n) is 7.87. The summed E-state index contributed by atoms with van der Waals surface area (Å²) in [5.41, 5.74) is 2.97. The van der Waals surface area contributed by atoms with Crippen molar-refractivity contribution < 1.29 is 9.21 Å². The van der Waals surface area contributed by atoms with Crippen LogP contribution in [0.2, 0.25) is 0 Å². The first kappa shape index (κ1) is 19.6. The Kier molecular flexibility index (Phi) is 5.62. The second kappa shape index (κ2) is 8.32. The molecular formula is C21H28N6O2. The number of hydrogen-bond donors (Lipinski definition) is 0. The minimum Gasteiger partial charge on any atom is -0.467 e. The molecule has 0 atom stereocenters. The highest BCUT2D eigenvalue weighted by molar-refractivity contribution is 5.77. The van der Waals surface area contributed by atoms with Gasteiger partial charge in [-0.1, -0.05) is 0 Å². The largest absolute Gasteiger partial charge is 0.467 e. The summed E-state index contributed by atoms with van der Waals surface area (Å²) >= 11 is 0. The lowest BCUT2D eigenvalue weighted by molar-refractivity contribution is -0.135. The summed E-state index contributed by atoms with van der Waals surface area (Å²) in [6, 6.07) is 4.06. The van der Waals surface area contributed by atoms with Crippen LogP contribution in [0.1, 0.15) is 42.0 Å². The molecule has 154 valence electrons. The number of carbonyl (C=O) groups is 1. The molecule has 1 aliphatic heterocycles. The van der Waals surface area contributed by atoms with Gasteiger partial charge in [-0.25, -0.2) is 9.50 Å². The lowest BCUT2D eigenvalue weighted by atomic mass is 10.0. The highest BCUT2D eigenvalue weighted by Crippen LogP contribution is 2.21. The number of piperidine rings is 1. The number of amides is 1. The van der Waals surface area contributed by atoms with Crippen molar-refractivity contribution >= 4 is 11.7 Å². The van der Waals surface area contributed by atoms with E-state index >= 15 is 0 Å². The first-order chi connectivity index (χ1) is 14.0. The molecule has 0 radical (unpaired) electrons. The Balaban J connectivity index is 1.50. The predicted molar refractivity (Wildman–Crippen MR) is 108 cm³/mol. The summed E-state index contributed by atoms with van der Waals surface area (Å²) in [6.45, 7) is 6.53. The quantitative estimate of drug-likeness (QED) is 0.637. The van der Waals surface area contributed by atoms with Crippen LogP contribution >= 0.6 is 0 Å². The van der Waals surface area contributed by atoms with E-state index in [2.05, 4.69) is 27.0 Å². The molecule has 0 saturated carbocycles. The molecule has 1 fully saturated rings. The minimum absolute atomic E-state index is 0.161. The predicted octanol–water partition coefficient (Wildman–Crippen LogP) is 2.39. The van der Waals surface area contributed by atoms with E-state index in [1.807, 2.05) is 30.9 Å². The lowest BCUT2D eigenvalue weighted by Crippen LogP contribution is -2.46. The smallest absolute Gasteiger partial charge is 0.252 e. The van der Waals surface area contributed by atoms with Crippen molar-refractivity contribution in [3.05, 3.63) is 47.4 Å². The normalized spacial score (nSPS) is 15.8. The van der Waals surface area contributed by atoms with Gasteiger partial charge in [0, 0.05) is 23.9 Å². The van der Waals surface area contributed by atoms with Gasteiger partial charge in [0.05, 0.1) is 12.8 Å². The van der Waals surface area contributed by atoms with Crippen LogP contribution in [0, 0.1) is 13.8 Å². The van der Waals surface area contributed by atoms with Gasteiger partial charge in [0.1, 0.15) is 12.1 Å². The number of aryl methyl sites for hydroxylation is 2. The van der Waals surface area contributed by atoms with Gasteiger partial charge in [0.15, 0.2) is 0 Å². The Morgan fingerprint density at radius 2 is 2.10 bits per heavy atom. The summed E-state index contributed by atoms with van der Waals surface area (Å²) in [5.74, 6) is 1.59. The molecule has 0 bridgehead atoms. The third kappa shape index (κ3) is 4.17. The van der Waals surface area contributed by atoms with Crippen LogP contribution in [0.25, 0.3) is 5.78 Å². The van der Waals surface area contributed by atoms with E-state index in [0.29, 0.717) is 25.2 Å². The number of rotatable bonds is 6. The van der Waals surface area contributed by atoms with Crippen LogP contribution in [0.5, 0.6) is 0 Å². The van der Waals surface area contributed by atoms with Crippen molar-refractivity contribution in [2.24, 2.45) is 0 Å². The van der Waals surface area contributed by atoms with Crippen LogP contribution in [-0.2, 0) is 17.8 Å². The Morgan fingerprint density at radius 3 is 2.83 bits per heavy atom. The van der Waals surface area contributed by atoms with Gasteiger partial charge in [-0.2, -0.15) is 10.1 Å². The summed E-state index contributed by atoms with van der Waals surface area (Å²) in [6.07, 6.45) is 6.24. The Morgan fingerprint density at radius 1 is 1.31 bits per heavy atom. The van der Waals surface area contributed by atoms with Gasteiger partial charge in [-0.3, -0.25) is 4.79 Å². The molecule has 1 amide bonds. The molecule has 0 spiro atoms. The number of hydrogen-bond acceptors (Lipinski definition) is 6. The topological polar surface area (TPSA) is 79.8 Å². The molecule has 0 unspecified atom stereocenters. The average Bonchev–Trinajstić information content (AvgIpc) is 3.38. The second-order valence-corrected chi connectivity index (χ2v) is 7.87. The maximum Gasteiger partial charge on any atom is 0.252 e. The van der Waals surface area contributed by atoms with E-state index in [1.165, 1.54) is 6.33 Å². The van der Waals surface area contributed by atoms with Gasteiger partial charge >= 0.3 is 0 Å². The average molecular weight is 396 g/mol. The van der Waals surface area contributed by atoms with E-state index in [-0.39, 0.29) is 11.9 Å². The number of aromatic nitrogens is 4. The Labute approximate surface area is 170 Å². The molecular weight excluding hydrogens is 368 g/mol. The number of fused-ring (bicyclic) bond motifs is 1. The first-order valence-electron chi connectivity index (χ1n) is 10.2. The van der Waals surface area contributed by atoms with Crippen molar-refractivity contribution in [3.8, 4) is 0 Å². The zero-order valence-electron chi connectivity index (χ0n) is 17.3. The standard InChI is InChI=1S/C21H28N6O2/c1-15-19(16(2)27-21(24-15)22-14-23-27)6-7-20(28)26(13-18-5-4-12-29-18)17-8-10-25(3)11-9-17/h4-5,12,14,17H,6-11,13H2,1-3H3. The molecule has 8 heteroatoms. The fourth-order valence-electron chi connectivity index (χ4n) is 4.19. The van der Waals surface area contributed by atoms with Gasteiger partial charge in [-0.15, -0.1) is 0 Å². The van der Waals surface area contributed by atoms with Crippen LogP contribution < -0.4 is 0 Å². The maximum absolute atomic E-state index is 13.3. The molecule has 4 rings (SSSR count). The Hall–Kier alpha value is -2.74. The van der Waals surface area contributed by atoms with E-state index in [9.17, 15) is 4.79 Å². The molecule has 1 saturated heterocycles. The van der Waals surface area contributed by atoms with E-state index in [4.69, 9.17) is 4.42 Å². The summed E-state index contributed by atoms with van der Waals surface area (Å²) in [4.78, 5) is 26.3. The number of nitrogens with zero attached hydrogens (tertiary/aromatic N) is 6. The van der Waals surface area contributed by atoms with Crippen LogP contribution in [0.4, 0.5) is 0 Å². The number of carbonyl (C=O) groups excluding carboxylic acids is 1.